The first kappa shape index (κ1) is 43.1. The molecule has 10 nitrogen and oxygen atoms in total. The summed E-state index contributed by atoms with van der Waals surface area (Å²) in [5.74, 6) is -8.58. The van der Waals surface area contributed by atoms with E-state index in [-0.39, 0.29) is 118 Å². The molecule has 0 aromatic carbocycles. The van der Waals surface area contributed by atoms with Crippen molar-refractivity contribution in [2.75, 3.05) is 13.1 Å². The Kier molecular flexibility index (Phi) is 12.9. The molecule has 3 heterocycles. The SMILES string of the molecule is CCC1(C)CC(=O)N(C[C@@H](CC(=O)C[C@H]2CCC(F)(F)CCCCCC[C@@H](C(=O)C(=O)NC3CC3)CC(=O)[C@@H]3[C@@H]4[C@H](CN3C2=O)C4(C)C)C(C)(C)C)C(=O)C1. The highest BCUT2D eigenvalue weighted by Gasteiger charge is 2.69. The quantitative estimate of drug-likeness (QED) is 0.189. The number of amides is 4. The highest BCUT2D eigenvalue weighted by Crippen LogP contribution is 2.65. The topological polar surface area (TPSA) is 138 Å². The van der Waals surface area contributed by atoms with Gasteiger partial charge in [0.05, 0.1) is 6.04 Å². The van der Waals surface area contributed by atoms with Crippen LogP contribution in [-0.2, 0) is 33.6 Å². The van der Waals surface area contributed by atoms with Crippen molar-refractivity contribution >= 4 is 41.0 Å². The van der Waals surface area contributed by atoms with Gasteiger partial charge in [0, 0.05) is 75.9 Å². The summed E-state index contributed by atoms with van der Waals surface area (Å²) < 4.78 is 30.8. The van der Waals surface area contributed by atoms with Crippen molar-refractivity contribution in [3.8, 4) is 0 Å². The third-order valence-electron chi connectivity index (χ3n) is 14.0. The van der Waals surface area contributed by atoms with Crippen LogP contribution in [0.4, 0.5) is 8.78 Å². The molecule has 0 aromatic heterocycles. The summed E-state index contributed by atoms with van der Waals surface area (Å²) in [6.07, 6.45) is 3.25. The molecule has 5 rings (SSSR count). The number of imide groups is 1. The van der Waals surface area contributed by atoms with Gasteiger partial charge < -0.3 is 10.2 Å². The molecule has 4 amide bonds. The number of carbonyl (C=O) groups excluding carboxylic acids is 7. The maximum Gasteiger partial charge on any atom is 0.287 e. The Morgan fingerprint density at radius 2 is 1.53 bits per heavy atom. The molecule has 0 unspecified atom stereocenters. The monoisotopic (exact) mass is 773 g/mol. The number of ketones is 3. The molecule has 55 heavy (non-hydrogen) atoms. The molecule has 5 aliphatic rings. The molecule has 0 aromatic rings. The number of rotatable bonds is 10. The molecular formula is C43H65F2N3O7. The average molecular weight is 774 g/mol. The van der Waals surface area contributed by atoms with Crippen LogP contribution in [0.3, 0.4) is 0 Å². The third-order valence-corrected chi connectivity index (χ3v) is 14.0. The van der Waals surface area contributed by atoms with Gasteiger partial charge in [-0.15, -0.1) is 0 Å². The van der Waals surface area contributed by atoms with E-state index in [1.165, 1.54) is 9.80 Å². The average Bonchev–Trinajstić information content (AvgIpc) is 3.94. The second-order valence-corrected chi connectivity index (χ2v) is 19.8. The number of likely N-dealkylation sites (tertiary alicyclic amines) is 1. The zero-order chi connectivity index (χ0) is 40.7. The van der Waals surface area contributed by atoms with Crippen LogP contribution in [0.5, 0.6) is 0 Å². The van der Waals surface area contributed by atoms with E-state index in [0.717, 1.165) is 12.8 Å². The van der Waals surface area contributed by atoms with E-state index in [1.807, 2.05) is 48.5 Å². The second-order valence-electron chi connectivity index (χ2n) is 19.8. The first-order valence-electron chi connectivity index (χ1n) is 21.0. The lowest BCUT2D eigenvalue weighted by atomic mass is 9.74. The fourth-order valence-corrected chi connectivity index (χ4v) is 9.50. The zero-order valence-corrected chi connectivity index (χ0v) is 34.3. The number of hydrogen-bond donors (Lipinski definition) is 1. The van der Waals surface area contributed by atoms with Gasteiger partial charge in [0.1, 0.15) is 5.78 Å². The molecule has 1 N–H and O–H groups in total. The summed E-state index contributed by atoms with van der Waals surface area (Å²) in [6, 6.07) is -0.895. The fraction of sp³-hybridized carbons (Fsp3) is 0.837. The predicted molar refractivity (Wildman–Crippen MR) is 202 cm³/mol. The molecule has 308 valence electrons. The van der Waals surface area contributed by atoms with Crippen LogP contribution in [0, 0.1) is 45.8 Å². The van der Waals surface area contributed by atoms with Crippen molar-refractivity contribution in [2.45, 2.75) is 169 Å². The van der Waals surface area contributed by atoms with Crippen molar-refractivity contribution in [3.05, 3.63) is 0 Å². The van der Waals surface area contributed by atoms with Gasteiger partial charge in [0.25, 0.3) is 5.91 Å². The van der Waals surface area contributed by atoms with E-state index in [1.54, 1.807) is 0 Å². The number of piperidine rings is 2. The van der Waals surface area contributed by atoms with Crippen LogP contribution in [0.1, 0.15) is 151 Å². The lowest BCUT2D eigenvalue weighted by Crippen LogP contribution is -2.50. The van der Waals surface area contributed by atoms with Gasteiger partial charge in [-0.1, -0.05) is 67.7 Å². The largest absolute Gasteiger partial charge is 0.347 e. The summed E-state index contributed by atoms with van der Waals surface area (Å²) in [4.78, 5) is 98.3. The van der Waals surface area contributed by atoms with Gasteiger partial charge in [0.15, 0.2) is 5.78 Å². The van der Waals surface area contributed by atoms with Crippen molar-refractivity contribution < 1.29 is 42.3 Å². The molecule has 5 fully saturated rings. The number of nitrogens with one attached hydrogen (secondary N) is 1. The number of Topliss-reactive ketones (excluding diaryl/α,β-unsaturated/α-hetero) is 3. The summed E-state index contributed by atoms with van der Waals surface area (Å²) in [6.45, 7) is 14.1. The highest BCUT2D eigenvalue weighted by molar-refractivity contribution is 6.37. The Bertz CT molecular complexity index is 1510. The maximum atomic E-state index is 15.4. The Labute approximate surface area is 326 Å². The van der Waals surface area contributed by atoms with Crippen LogP contribution >= 0.6 is 0 Å². The van der Waals surface area contributed by atoms with Crippen LogP contribution in [0.2, 0.25) is 0 Å². The van der Waals surface area contributed by atoms with Gasteiger partial charge in [-0.2, -0.15) is 0 Å². The van der Waals surface area contributed by atoms with E-state index in [2.05, 4.69) is 5.32 Å². The van der Waals surface area contributed by atoms with Crippen molar-refractivity contribution in [2.24, 2.45) is 45.8 Å². The number of hydrogen-bond acceptors (Lipinski definition) is 7. The Morgan fingerprint density at radius 1 is 0.891 bits per heavy atom. The molecule has 2 aliphatic carbocycles. The van der Waals surface area contributed by atoms with E-state index in [9.17, 15) is 33.6 Å². The fourth-order valence-electron chi connectivity index (χ4n) is 9.50. The second kappa shape index (κ2) is 16.4. The van der Waals surface area contributed by atoms with Crippen LogP contribution < -0.4 is 5.32 Å². The first-order valence-corrected chi connectivity index (χ1v) is 21.0. The minimum absolute atomic E-state index is 0.0112. The predicted octanol–water partition coefficient (Wildman–Crippen LogP) is 6.86. The third kappa shape index (κ3) is 10.3. The van der Waals surface area contributed by atoms with Gasteiger partial charge in [-0.3, -0.25) is 38.5 Å². The smallest absolute Gasteiger partial charge is 0.287 e. The van der Waals surface area contributed by atoms with Crippen LogP contribution in [0.15, 0.2) is 0 Å². The van der Waals surface area contributed by atoms with Crippen molar-refractivity contribution in [1.29, 1.82) is 0 Å². The molecule has 12 heteroatoms. The van der Waals surface area contributed by atoms with Gasteiger partial charge >= 0.3 is 0 Å². The molecule has 0 radical (unpaired) electrons. The van der Waals surface area contributed by atoms with Crippen LogP contribution in [-0.4, -0.2) is 81.9 Å². The molecule has 2 saturated carbocycles. The summed E-state index contributed by atoms with van der Waals surface area (Å²) >= 11 is 0. The molecule has 3 aliphatic heterocycles. The maximum absolute atomic E-state index is 15.4. The van der Waals surface area contributed by atoms with E-state index >= 15 is 8.78 Å². The van der Waals surface area contributed by atoms with Gasteiger partial charge in [-0.25, -0.2) is 8.78 Å². The van der Waals surface area contributed by atoms with Gasteiger partial charge in [0.2, 0.25) is 29.4 Å². The highest BCUT2D eigenvalue weighted by atomic mass is 19.3. The summed E-state index contributed by atoms with van der Waals surface area (Å²) in [5, 5.41) is 2.74. The molecule has 0 bridgehead atoms. The molecule has 3 saturated heterocycles. The lowest BCUT2D eigenvalue weighted by Gasteiger charge is -2.40. The van der Waals surface area contributed by atoms with Gasteiger partial charge in [-0.05, 0) is 72.5 Å². The summed E-state index contributed by atoms with van der Waals surface area (Å²) in [5.41, 5.74) is -1.14. The number of fused-ring (bicyclic) bond motifs is 3. The zero-order valence-electron chi connectivity index (χ0n) is 34.3. The standard InChI is InChI=1S/C43H65F2N3O7/c1-8-42(7)22-33(51)47(34(52)23-42)24-28(40(2,3)4)21-30(49)19-27-16-18-43(44,45)17-12-10-9-11-13-26(37(53)38(54)46-29-14-15-29)20-32(50)36-35-31(41(35,5)6)25-48(36)39(27)55/h26-29,31,35-36H,8-25H2,1-7H3,(H,46,54)/t26-,27-,28-,31+,35+,36-/m1/s1. The van der Waals surface area contributed by atoms with E-state index < -0.39 is 64.6 Å². The molecule has 6 atom stereocenters. The molecule has 0 spiro atoms. The van der Waals surface area contributed by atoms with E-state index in [0.29, 0.717) is 25.7 Å². The van der Waals surface area contributed by atoms with Crippen molar-refractivity contribution in [3.63, 3.8) is 0 Å². The number of nitrogens with zero attached hydrogens (tertiary/aromatic N) is 2. The Balaban J connectivity index is 1.37. The Hall–Kier alpha value is -3.05. The van der Waals surface area contributed by atoms with Crippen molar-refractivity contribution in [1.82, 2.24) is 15.1 Å². The van der Waals surface area contributed by atoms with E-state index in [4.69, 9.17) is 0 Å². The number of halogens is 2. The number of alkyl halides is 2. The molecular weight excluding hydrogens is 708 g/mol. The number of carbonyl (C=O) groups is 7. The first-order chi connectivity index (χ1) is 25.6. The summed E-state index contributed by atoms with van der Waals surface area (Å²) in [7, 11) is 0. The Morgan fingerprint density at radius 3 is 2.13 bits per heavy atom. The minimum Gasteiger partial charge on any atom is -0.347 e. The normalized spacial score (nSPS) is 30.7. The minimum atomic E-state index is -3.06. The lowest BCUT2D eigenvalue weighted by molar-refractivity contribution is -0.155. The van der Waals surface area contributed by atoms with Crippen LogP contribution in [0.25, 0.3) is 0 Å².